The summed E-state index contributed by atoms with van der Waals surface area (Å²) >= 11 is 0. The van der Waals surface area contributed by atoms with E-state index in [9.17, 15) is 4.79 Å². The number of fused-ring (bicyclic) bond motifs is 1. The van der Waals surface area contributed by atoms with Crippen LogP contribution in [0.1, 0.15) is 39.5 Å². The number of rotatable bonds is 3. The number of esters is 1. The molecule has 120 valence electrons. The molecule has 0 aromatic rings. The highest BCUT2D eigenvalue weighted by molar-refractivity contribution is 5.70. The van der Waals surface area contributed by atoms with Crippen molar-refractivity contribution in [2.75, 3.05) is 26.2 Å². The summed E-state index contributed by atoms with van der Waals surface area (Å²) in [5.74, 6) is 0.969. The van der Waals surface area contributed by atoms with Gasteiger partial charge in [0.25, 0.3) is 0 Å². The third kappa shape index (κ3) is 3.09. The molecule has 3 rings (SSSR count). The Kier molecular flexibility index (Phi) is 4.62. The molecule has 0 spiro atoms. The lowest BCUT2D eigenvalue weighted by atomic mass is 9.98. The van der Waals surface area contributed by atoms with E-state index in [1.807, 2.05) is 0 Å². The minimum Gasteiger partial charge on any atom is -0.429 e. The van der Waals surface area contributed by atoms with E-state index in [-0.39, 0.29) is 5.97 Å². The molecule has 0 aromatic heterocycles. The molecular weight excluding hydrogens is 278 g/mol. The highest BCUT2D eigenvalue weighted by Crippen LogP contribution is 2.39. The van der Waals surface area contributed by atoms with Gasteiger partial charge in [0.05, 0.1) is 0 Å². The summed E-state index contributed by atoms with van der Waals surface area (Å²) in [6.45, 7) is 7.83. The van der Waals surface area contributed by atoms with Crippen LogP contribution in [-0.2, 0) is 9.53 Å². The van der Waals surface area contributed by atoms with Crippen LogP contribution in [0.3, 0.4) is 0 Å². The largest absolute Gasteiger partial charge is 0.429 e. The predicted octanol–water partition coefficient (Wildman–Crippen LogP) is 2.21. The Bertz CT molecular complexity index is 542. The molecule has 0 radical (unpaired) electrons. The van der Waals surface area contributed by atoms with E-state index < -0.39 is 0 Å². The van der Waals surface area contributed by atoms with Crippen molar-refractivity contribution in [3.8, 4) is 0 Å². The van der Waals surface area contributed by atoms with Gasteiger partial charge in [-0.15, -0.1) is 0 Å². The maximum Gasteiger partial charge on any atom is 0.307 e. The Morgan fingerprint density at radius 2 is 2.18 bits per heavy atom. The molecule has 5 nitrogen and oxygen atoms in total. The van der Waals surface area contributed by atoms with Crippen LogP contribution < -0.4 is 5.32 Å². The number of nitrogens with one attached hydrogen (secondary N) is 1. The van der Waals surface area contributed by atoms with Gasteiger partial charge in [-0.25, -0.2) is 0 Å². The topological polar surface area (TPSA) is 53.9 Å². The quantitative estimate of drug-likeness (QED) is 0.812. The molecule has 5 heteroatoms. The molecule has 1 fully saturated rings. The number of piperazine rings is 1. The van der Waals surface area contributed by atoms with Crippen molar-refractivity contribution in [2.45, 2.75) is 39.5 Å². The first-order valence-electron chi connectivity index (χ1n) is 8.32. The fraction of sp³-hybridized carbons (Fsp3) is 0.647. The summed E-state index contributed by atoms with van der Waals surface area (Å²) in [4.78, 5) is 18.5. The number of carbonyl (C=O) groups excluding carboxylic acids is 1. The van der Waals surface area contributed by atoms with Crippen molar-refractivity contribution in [1.29, 1.82) is 0 Å². The average Bonchev–Trinajstić information content (AvgIpc) is 2.80. The number of hydrogen-bond donors (Lipinski definition) is 1. The monoisotopic (exact) mass is 303 g/mol. The van der Waals surface area contributed by atoms with E-state index in [1.165, 1.54) is 18.2 Å². The second-order valence-corrected chi connectivity index (χ2v) is 6.18. The van der Waals surface area contributed by atoms with Crippen LogP contribution in [0, 0.1) is 5.92 Å². The molecule has 1 aliphatic carbocycles. The summed E-state index contributed by atoms with van der Waals surface area (Å²) in [5.41, 5.74) is 3.63. The van der Waals surface area contributed by atoms with Gasteiger partial charge in [0, 0.05) is 57.0 Å². The van der Waals surface area contributed by atoms with Crippen molar-refractivity contribution >= 4 is 12.2 Å². The molecule has 0 amide bonds. The first kappa shape index (κ1) is 15.3. The minimum absolute atomic E-state index is 0.251. The lowest BCUT2D eigenvalue weighted by Crippen LogP contribution is -2.43. The van der Waals surface area contributed by atoms with Crippen molar-refractivity contribution in [3.63, 3.8) is 0 Å². The van der Waals surface area contributed by atoms with Crippen molar-refractivity contribution in [1.82, 2.24) is 10.2 Å². The van der Waals surface area contributed by atoms with Crippen LogP contribution in [0.2, 0.25) is 0 Å². The van der Waals surface area contributed by atoms with Gasteiger partial charge in [-0.05, 0) is 25.2 Å². The maximum atomic E-state index is 11.3. The number of carbonyl (C=O) groups is 1. The minimum atomic E-state index is -0.251. The zero-order chi connectivity index (χ0) is 15.5. The van der Waals surface area contributed by atoms with E-state index in [4.69, 9.17) is 9.73 Å². The van der Waals surface area contributed by atoms with Gasteiger partial charge >= 0.3 is 5.97 Å². The summed E-state index contributed by atoms with van der Waals surface area (Å²) in [6, 6.07) is 0. The number of allylic oxidation sites excluding steroid dienone is 3. The third-order valence-electron chi connectivity index (χ3n) is 4.66. The van der Waals surface area contributed by atoms with Gasteiger partial charge in [0.1, 0.15) is 11.5 Å². The van der Waals surface area contributed by atoms with Crippen molar-refractivity contribution < 1.29 is 9.53 Å². The second kappa shape index (κ2) is 6.65. The molecule has 1 atom stereocenters. The molecule has 1 unspecified atom stereocenters. The smallest absolute Gasteiger partial charge is 0.307 e. The zero-order valence-electron chi connectivity index (χ0n) is 13.5. The number of nitrogens with zero attached hydrogens (tertiary/aromatic N) is 2. The van der Waals surface area contributed by atoms with Gasteiger partial charge in [0.15, 0.2) is 0 Å². The normalized spacial score (nSPS) is 25.4. The Morgan fingerprint density at radius 3 is 2.86 bits per heavy atom. The van der Waals surface area contributed by atoms with Gasteiger partial charge in [0.2, 0.25) is 0 Å². The molecule has 0 saturated carbocycles. The molecule has 2 heterocycles. The van der Waals surface area contributed by atoms with Crippen LogP contribution >= 0.6 is 0 Å². The summed E-state index contributed by atoms with van der Waals surface area (Å²) < 4.78 is 5.40. The SMILES string of the molecule is CCC1C=NC2=C(OC(C)=O)CCC2=C(N2CCNCC2)C1. The highest BCUT2D eigenvalue weighted by atomic mass is 16.5. The lowest BCUT2D eigenvalue weighted by molar-refractivity contribution is -0.137. The van der Waals surface area contributed by atoms with Crippen LogP contribution in [0.5, 0.6) is 0 Å². The predicted molar refractivity (Wildman–Crippen MR) is 86.4 cm³/mol. The van der Waals surface area contributed by atoms with Gasteiger partial charge in [-0.1, -0.05) is 6.92 Å². The summed E-state index contributed by atoms with van der Waals surface area (Å²) in [6.07, 6.45) is 5.91. The second-order valence-electron chi connectivity index (χ2n) is 6.18. The molecule has 0 aromatic carbocycles. The third-order valence-corrected chi connectivity index (χ3v) is 4.66. The molecular formula is C17H25N3O2. The van der Waals surface area contributed by atoms with E-state index in [2.05, 4.69) is 23.4 Å². The summed E-state index contributed by atoms with van der Waals surface area (Å²) in [5, 5.41) is 3.41. The maximum absolute atomic E-state index is 11.3. The zero-order valence-corrected chi connectivity index (χ0v) is 13.5. The fourth-order valence-corrected chi connectivity index (χ4v) is 3.46. The summed E-state index contributed by atoms with van der Waals surface area (Å²) in [7, 11) is 0. The van der Waals surface area contributed by atoms with Crippen molar-refractivity contribution in [3.05, 3.63) is 22.7 Å². The molecule has 3 aliphatic rings. The Morgan fingerprint density at radius 1 is 1.41 bits per heavy atom. The highest BCUT2D eigenvalue weighted by Gasteiger charge is 2.30. The molecule has 22 heavy (non-hydrogen) atoms. The van der Waals surface area contributed by atoms with Gasteiger partial charge in [-0.3, -0.25) is 9.79 Å². The molecule has 1 saturated heterocycles. The van der Waals surface area contributed by atoms with Crippen LogP contribution in [0.25, 0.3) is 0 Å². The molecule has 0 bridgehead atoms. The van der Waals surface area contributed by atoms with Crippen LogP contribution in [-0.4, -0.2) is 43.3 Å². The molecule has 1 N–H and O–H groups in total. The fourth-order valence-electron chi connectivity index (χ4n) is 3.46. The van der Waals surface area contributed by atoms with Crippen LogP contribution in [0.4, 0.5) is 0 Å². The Labute approximate surface area is 132 Å². The Hall–Kier alpha value is -1.62. The first-order valence-corrected chi connectivity index (χ1v) is 8.32. The number of hydrogen-bond acceptors (Lipinski definition) is 5. The average molecular weight is 303 g/mol. The van der Waals surface area contributed by atoms with Gasteiger partial charge < -0.3 is 15.0 Å². The van der Waals surface area contributed by atoms with Crippen LogP contribution in [0.15, 0.2) is 27.7 Å². The van der Waals surface area contributed by atoms with E-state index in [1.54, 1.807) is 0 Å². The first-order chi connectivity index (χ1) is 10.7. The van der Waals surface area contributed by atoms with E-state index in [0.29, 0.717) is 5.92 Å². The lowest BCUT2D eigenvalue weighted by Gasteiger charge is -2.33. The standard InChI is InChI=1S/C17H25N3O2/c1-3-13-10-15(20-8-6-18-7-9-20)14-4-5-16(22-12(2)21)17(14)19-11-13/h11,13,18H,3-10H2,1-2H3. The van der Waals surface area contributed by atoms with Crippen molar-refractivity contribution in [2.24, 2.45) is 10.9 Å². The number of ether oxygens (including phenoxy) is 1. The number of aliphatic imine (C=N–C) groups is 1. The van der Waals surface area contributed by atoms with E-state index in [0.717, 1.165) is 63.3 Å². The van der Waals surface area contributed by atoms with Gasteiger partial charge in [-0.2, -0.15) is 0 Å². The molecule has 2 aliphatic heterocycles. The Balaban J connectivity index is 1.97. The van der Waals surface area contributed by atoms with E-state index >= 15 is 0 Å².